The van der Waals surface area contributed by atoms with Gasteiger partial charge >= 0.3 is 5.97 Å². The molecule has 1 saturated carbocycles. The highest BCUT2D eigenvalue weighted by Crippen LogP contribution is 2.30. The quantitative estimate of drug-likeness (QED) is 0.653. The molecule has 1 aromatic rings. The first kappa shape index (κ1) is 14.7. The molecule has 1 unspecified atom stereocenters. The zero-order chi connectivity index (χ0) is 14.5. The van der Waals surface area contributed by atoms with E-state index in [0.29, 0.717) is 23.2 Å². The van der Waals surface area contributed by atoms with E-state index in [4.69, 9.17) is 10.5 Å². The van der Waals surface area contributed by atoms with Gasteiger partial charge in [-0.2, -0.15) is 0 Å². The van der Waals surface area contributed by atoms with E-state index in [1.165, 1.54) is 39.2 Å². The topological polar surface area (TPSA) is 64.3 Å². The molecule has 0 aromatic heterocycles. The Labute approximate surface area is 120 Å². The van der Waals surface area contributed by atoms with Crippen molar-refractivity contribution in [3.63, 3.8) is 0 Å². The minimum absolute atomic E-state index is 0.366. The number of rotatable bonds is 4. The first-order valence-corrected chi connectivity index (χ1v) is 7.37. The third kappa shape index (κ3) is 3.24. The third-order valence-electron chi connectivity index (χ3n) is 4.25. The lowest BCUT2D eigenvalue weighted by Crippen LogP contribution is -2.28. The number of nitrogens with one attached hydrogen (secondary N) is 1. The maximum absolute atomic E-state index is 11.6. The molecule has 1 aliphatic rings. The number of benzene rings is 1. The maximum atomic E-state index is 11.6. The molecule has 0 amide bonds. The highest BCUT2D eigenvalue weighted by Gasteiger charge is 2.21. The van der Waals surface area contributed by atoms with Crippen LogP contribution in [0.3, 0.4) is 0 Å². The standard InChI is InChI=1S/C16H24N2O2/c1-11(12-7-4-3-5-8-12)18-14-10-6-9-13(15(14)17)16(19)20-2/h6,9-12,18H,3-5,7-8,17H2,1-2H3. The van der Waals surface area contributed by atoms with Gasteiger partial charge in [0.1, 0.15) is 0 Å². The lowest BCUT2D eigenvalue weighted by molar-refractivity contribution is 0.0602. The smallest absolute Gasteiger partial charge is 0.340 e. The van der Waals surface area contributed by atoms with Gasteiger partial charge in [0.25, 0.3) is 0 Å². The minimum Gasteiger partial charge on any atom is -0.465 e. The molecule has 2 rings (SSSR count). The molecule has 0 spiro atoms. The lowest BCUT2D eigenvalue weighted by Gasteiger charge is -2.29. The number of hydrogen-bond acceptors (Lipinski definition) is 4. The monoisotopic (exact) mass is 276 g/mol. The van der Waals surface area contributed by atoms with Crippen LogP contribution in [-0.4, -0.2) is 19.1 Å². The first-order valence-electron chi connectivity index (χ1n) is 7.37. The Morgan fingerprint density at radius 2 is 2.05 bits per heavy atom. The SMILES string of the molecule is COC(=O)c1cccc(NC(C)C2CCCCC2)c1N. The minimum atomic E-state index is -0.392. The molecule has 0 bridgehead atoms. The predicted octanol–water partition coefficient (Wildman–Crippen LogP) is 3.44. The fraction of sp³-hybridized carbons (Fsp3) is 0.562. The average Bonchev–Trinajstić information content (AvgIpc) is 2.49. The highest BCUT2D eigenvalue weighted by molar-refractivity contribution is 5.98. The van der Waals surface area contributed by atoms with Gasteiger partial charge in [0.15, 0.2) is 0 Å². The normalized spacial score (nSPS) is 17.5. The number of para-hydroxylation sites is 1. The van der Waals surface area contributed by atoms with Gasteiger partial charge in [-0.1, -0.05) is 25.3 Å². The van der Waals surface area contributed by atoms with Crippen LogP contribution in [0, 0.1) is 5.92 Å². The zero-order valence-corrected chi connectivity index (χ0v) is 12.3. The summed E-state index contributed by atoms with van der Waals surface area (Å²) < 4.78 is 4.75. The Hall–Kier alpha value is -1.71. The van der Waals surface area contributed by atoms with Crippen LogP contribution in [0.15, 0.2) is 18.2 Å². The van der Waals surface area contributed by atoms with E-state index >= 15 is 0 Å². The molecule has 0 aliphatic heterocycles. The fourth-order valence-electron chi connectivity index (χ4n) is 2.98. The second-order valence-corrected chi connectivity index (χ2v) is 5.59. The first-order chi connectivity index (χ1) is 9.63. The summed E-state index contributed by atoms with van der Waals surface area (Å²) in [6.45, 7) is 2.19. The number of anilines is 2. The second kappa shape index (κ2) is 6.64. The third-order valence-corrected chi connectivity index (χ3v) is 4.25. The number of nitrogens with two attached hydrogens (primary N) is 1. The number of methoxy groups -OCH3 is 1. The van der Waals surface area contributed by atoms with E-state index in [9.17, 15) is 4.79 Å². The van der Waals surface area contributed by atoms with Crippen LogP contribution < -0.4 is 11.1 Å². The number of carbonyl (C=O) groups excluding carboxylic acids is 1. The van der Waals surface area contributed by atoms with Crippen molar-refractivity contribution in [2.45, 2.75) is 45.1 Å². The van der Waals surface area contributed by atoms with Crippen LogP contribution in [-0.2, 0) is 4.74 Å². The van der Waals surface area contributed by atoms with Crippen LogP contribution in [0.2, 0.25) is 0 Å². The van der Waals surface area contributed by atoms with Gasteiger partial charge in [0.2, 0.25) is 0 Å². The Balaban J connectivity index is 2.10. The van der Waals surface area contributed by atoms with Crippen molar-refractivity contribution in [3.05, 3.63) is 23.8 Å². The molecule has 0 heterocycles. The fourth-order valence-corrected chi connectivity index (χ4v) is 2.98. The summed E-state index contributed by atoms with van der Waals surface area (Å²) in [5, 5.41) is 3.47. The van der Waals surface area contributed by atoms with E-state index in [0.717, 1.165) is 5.69 Å². The largest absolute Gasteiger partial charge is 0.465 e. The van der Waals surface area contributed by atoms with Gasteiger partial charge in [-0.25, -0.2) is 4.79 Å². The van der Waals surface area contributed by atoms with Crippen LogP contribution in [0.5, 0.6) is 0 Å². The molecule has 1 aliphatic carbocycles. The number of nitrogen functional groups attached to an aromatic ring is 1. The number of carbonyl (C=O) groups is 1. The highest BCUT2D eigenvalue weighted by atomic mass is 16.5. The summed E-state index contributed by atoms with van der Waals surface area (Å²) in [4.78, 5) is 11.6. The van der Waals surface area contributed by atoms with E-state index < -0.39 is 5.97 Å². The Kier molecular flexibility index (Phi) is 4.88. The van der Waals surface area contributed by atoms with Crippen LogP contribution >= 0.6 is 0 Å². The van der Waals surface area contributed by atoms with E-state index in [1.807, 2.05) is 12.1 Å². The molecule has 0 radical (unpaired) electrons. The van der Waals surface area contributed by atoms with Crippen LogP contribution in [0.4, 0.5) is 11.4 Å². The summed E-state index contributed by atoms with van der Waals surface area (Å²) >= 11 is 0. The molecule has 4 nitrogen and oxygen atoms in total. The van der Waals surface area contributed by atoms with Crippen molar-refractivity contribution in [1.82, 2.24) is 0 Å². The van der Waals surface area contributed by atoms with Crippen molar-refractivity contribution in [2.24, 2.45) is 5.92 Å². The number of esters is 1. The van der Waals surface area contributed by atoms with Crippen molar-refractivity contribution in [2.75, 3.05) is 18.2 Å². The molecule has 20 heavy (non-hydrogen) atoms. The lowest BCUT2D eigenvalue weighted by atomic mass is 9.84. The van der Waals surface area contributed by atoms with Gasteiger partial charge < -0.3 is 15.8 Å². The summed E-state index contributed by atoms with van der Waals surface area (Å²) in [6, 6.07) is 5.81. The van der Waals surface area contributed by atoms with Gasteiger partial charge in [-0.15, -0.1) is 0 Å². The molecular weight excluding hydrogens is 252 g/mol. The zero-order valence-electron chi connectivity index (χ0n) is 12.3. The van der Waals surface area contributed by atoms with Crippen molar-refractivity contribution in [3.8, 4) is 0 Å². The van der Waals surface area contributed by atoms with Gasteiger partial charge in [0.05, 0.1) is 24.0 Å². The van der Waals surface area contributed by atoms with Gasteiger partial charge in [-0.3, -0.25) is 0 Å². The van der Waals surface area contributed by atoms with E-state index in [1.54, 1.807) is 6.07 Å². The molecule has 3 N–H and O–H groups in total. The summed E-state index contributed by atoms with van der Waals surface area (Å²) in [5.74, 6) is 0.293. The molecular formula is C16H24N2O2. The van der Waals surface area contributed by atoms with Crippen molar-refractivity contribution < 1.29 is 9.53 Å². The molecule has 1 atom stereocenters. The van der Waals surface area contributed by atoms with Crippen molar-refractivity contribution >= 4 is 17.3 Å². The summed E-state index contributed by atoms with van der Waals surface area (Å²) in [5.41, 5.74) is 7.80. The van der Waals surface area contributed by atoms with Gasteiger partial charge in [0, 0.05) is 6.04 Å². The second-order valence-electron chi connectivity index (χ2n) is 5.59. The molecule has 4 heteroatoms. The Bertz CT molecular complexity index is 468. The van der Waals surface area contributed by atoms with E-state index in [2.05, 4.69) is 12.2 Å². The van der Waals surface area contributed by atoms with Crippen LogP contribution in [0.25, 0.3) is 0 Å². The summed E-state index contributed by atoms with van der Waals surface area (Å²) in [6.07, 6.45) is 6.52. The van der Waals surface area contributed by atoms with Gasteiger partial charge in [-0.05, 0) is 37.8 Å². The molecule has 110 valence electrons. The Morgan fingerprint density at radius 1 is 1.35 bits per heavy atom. The average molecular weight is 276 g/mol. The van der Waals surface area contributed by atoms with Crippen LogP contribution in [0.1, 0.15) is 49.4 Å². The number of hydrogen-bond donors (Lipinski definition) is 2. The number of ether oxygens (including phenoxy) is 1. The van der Waals surface area contributed by atoms with Crippen molar-refractivity contribution in [1.29, 1.82) is 0 Å². The molecule has 0 saturated heterocycles. The predicted molar refractivity (Wildman–Crippen MR) is 81.9 cm³/mol. The Morgan fingerprint density at radius 3 is 2.70 bits per heavy atom. The summed E-state index contributed by atoms with van der Waals surface area (Å²) in [7, 11) is 1.37. The van der Waals surface area contributed by atoms with E-state index in [-0.39, 0.29) is 0 Å². The molecule has 1 aromatic carbocycles. The molecule has 1 fully saturated rings. The maximum Gasteiger partial charge on any atom is 0.340 e.